The summed E-state index contributed by atoms with van der Waals surface area (Å²) in [6.07, 6.45) is 2.26. The molecular weight excluding hydrogens is 482 g/mol. The van der Waals surface area contributed by atoms with Gasteiger partial charge >= 0.3 is 0 Å². The number of ketones is 1. The molecule has 2 aromatic carbocycles. The Morgan fingerprint density at radius 2 is 1.94 bits per heavy atom. The van der Waals surface area contributed by atoms with Crippen LogP contribution in [0.5, 0.6) is 0 Å². The maximum atomic E-state index is 15.0. The molecule has 11 heteroatoms. The lowest BCUT2D eigenvalue weighted by Crippen LogP contribution is -2.12. The highest BCUT2D eigenvalue weighted by Crippen LogP contribution is 2.31. The molecule has 34 heavy (non-hydrogen) atoms. The number of nitrogens with one attached hydrogen (secondary N) is 1. The number of primary sulfonamides is 1. The highest BCUT2D eigenvalue weighted by molar-refractivity contribution is 7.99. The molecule has 0 atom stereocenters. The van der Waals surface area contributed by atoms with Gasteiger partial charge in [0, 0.05) is 11.8 Å². The average Bonchev–Trinajstić information content (AvgIpc) is 3.21. The van der Waals surface area contributed by atoms with Crippen molar-refractivity contribution < 1.29 is 22.0 Å². The Morgan fingerprint density at radius 1 is 1.18 bits per heavy atom. The number of thioether (sulfide) groups is 1. The molecular formula is C23H20F2N4O3S2. The molecule has 176 valence electrons. The van der Waals surface area contributed by atoms with Crippen molar-refractivity contribution in [1.82, 2.24) is 15.2 Å². The fourth-order valence-corrected chi connectivity index (χ4v) is 4.99. The minimum Gasteiger partial charge on any atom is -0.287 e. The lowest BCUT2D eigenvalue weighted by molar-refractivity contribution is 0.103. The van der Waals surface area contributed by atoms with Crippen molar-refractivity contribution in [3.8, 4) is 11.1 Å². The number of hydrogen-bond donors (Lipinski definition) is 2. The van der Waals surface area contributed by atoms with Gasteiger partial charge in [0.15, 0.2) is 11.5 Å². The van der Waals surface area contributed by atoms with Gasteiger partial charge in [0.05, 0.1) is 20.7 Å². The summed E-state index contributed by atoms with van der Waals surface area (Å²) in [6.45, 7) is 3.61. The number of sulfonamides is 1. The van der Waals surface area contributed by atoms with Crippen LogP contribution in [0.3, 0.4) is 0 Å². The van der Waals surface area contributed by atoms with E-state index in [2.05, 4.69) is 15.2 Å². The molecule has 0 radical (unpaired) electrons. The summed E-state index contributed by atoms with van der Waals surface area (Å²) < 4.78 is 52.4. The van der Waals surface area contributed by atoms with E-state index in [-0.39, 0.29) is 26.7 Å². The molecule has 0 fully saturated rings. The van der Waals surface area contributed by atoms with Crippen LogP contribution >= 0.6 is 11.8 Å². The molecule has 0 saturated carbocycles. The molecule has 0 amide bonds. The third-order valence-electron chi connectivity index (χ3n) is 5.22. The molecule has 0 aliphatic carbocycles. The second-order valence-corrected chi connectivity index (χ2v) is 10.3. The van der Waals surface area contributed by atoms with Gasteiger partial charge in [0.2, 0.25) is 15.8 Å². The molecule has 0 saturated heterocycles. The van der Waals surface area contributed by atoms with Crippen molar-refractivity contribution in [3.63, 3.8) is 0 Å². The molecule has 3 N–H and O–H groups in total. The van der Waals surface area contributed by atoms with Crippen LogP contribution in [0.25, 0.3) is 22.2 Å². The van der Waals surface area contributed by atoms with Gasteiger partial charge in [0.25, 0.3) is 0 Å². The van der Waals surface area contributed by atoms with Crippen LogP contribution in [-0.2, 0) is 10.0 Å². The molecule has 4 aromatic rings. The number of rotatable bonds is 7. The standard InChI is InChI=1S/C23H20F2N4O3S2/c1-3-8-33-22-18(24)7-6-16(19(22)25)21(30)20-17-10-13(11-27-23(17)29-28-20)15-5-4-14(9-12(15)2)34(26,31)32/h4-7,9-11H,3,8H2,1-2H3,(H2,26,31,32)(H,27,28,29). The number of halogens is 2. The number of nitrogens with two attached hydrogens (primary N) is 1. The number of pyridine rings is 1. The van der Waals surface area contributed by atoms with E-state index in [1.54, 1.807) is 19.1 Å². The van der Waals surface area contributed by atoms with Crippen molar-refractivity contribution >= 4 is 38.6 Å². The normalized spacial score (nSPS) is 11.8. The predicted octanol–water partition coefficient (Wildman–Crippen LogP) is 4.59. The third kappa shape index (κ3) is 4.46. The van der Waals surface area contributed by atoms with E-state index in [9.17, 15) is 17.6 Å². The molecule has 0 unspecified atom stereocenters. The van der Waals surface area contributed by atoms with E-state index in [4.69, 9.17) is 5.14 Å². The summed E-state index contributed by atoms with van der Waals surface area (Å²) in [5.74, 6) is -1.80. The first-order chi connectivity index (χ1) is 16.1. The van der Waals surface area contributed by atoms with E-state index in [1.165, 1.54) is 18.3 Å². The highest BCUT2D eigenvalue weighted by atomic mass is 32.2. The van der Waals surface area contributed by atoms with Crippen molar-refractivity contribution in [1.29, 1.82) is 0 Å². The van der Waals surface area contributed by atoms with Gasteiger partial charge in [-0.2, -0.15) is 5.10 Å². The monoisotopic (exact) mass is 502 g/mol. The third-order valence-corrected chi connectivity index (χ3v) is 7.40. The number of aromatic nitrogens is 3. The number of fused-ring (bicyclic) bond motifs is 1. The van der Waals surface area contributed by atoms with Gasteiger partial charge in [-0.15, -0.1) is 11.8 Å². The average molecular weight is 503 g/mol. The van der Waals surface area contributed by atoms with E-state index < -0.39 is 27.4 Å². The second kappa shape index (κ2) is 9.24. The van der Waals surface area contributed by atoms with Crippen LogP contribution in [0, 0.1) is 18.6 Å². The van der Waals surface area contributed by atoms with Crippen LogP contribution in [0.2, 0.25) is 0 Å². The van der Waals surface area contributed by atoms with Gasteiger partial charge in [-0.3, -0.25) is 9.89 Å². The lowest BCUT2D eigenvalue weighted by atomic mass is 10.00. The molecule has 0 aliphatic rings. The zero-order valence-electron chi connectivity index (χ0n) is 18.2. The summed E-state index contributed by atoms with van der Waals surface area (Å²) in [5.41, 5.74) is 1.89. The molecule has 0 aliphatic heterocycles. The number of H-pyrrole nitrogens is 1. The summed E-state index contributed by atoms with van der Waals surface area (Å²) in [4.78, 5) is 17.2. The number of aromatic amines is 1. The Labute approximate surface area is 198 Å². The quantitative estimate of drug-likeness (QED) is 0.282. The fourth-order valence-electron chi connectivity index (χ4n) is 3.54. The molecule has 2 heterocycles. The zero-order valence-corrected chi connectivity index (χ0v) is 19.9. The fraction of sp³-hybridized carbons (Fsp3) is 0.174. The van der Waals surface area contributed by atoms with Gasteiger partial charge in [-0.05, 0) is 60.6 Å². The Balaban J connectivity index is 1.78. The first kappa shape index (κ1) is 24.0. The SMILES string of the molecule is CCCSc1c(F)ccc(C(=O)c2[nH]nc3ncc(-c4ccc(S(N)(=O)=O)cc4C)cc23)c1F. The summed E-state index contributed by atoms with van der Waals surface area (Å²) in [6, 6.07) is 8.27. The van der Waals surface area contributed by atoms with Crippen molar-refractivity contribution in [2.45, 2.75) is 30.1 Å². The topological polar surface area (TPSA) is 119 Å². The van der Waals surface area contributed by atoms with Crippen LogP contribution in [-0.4, -0.2) is 35.1 Å². The second-order valence-electron chi connectivity index (χ2n) is 7.63. The highest BCUT2D eigenvalue weighted by Gasteiger charge is 2.24. The van der Waals surface area contributed by atoms with Crippen molar-refractivity contribution in [3.05, 3.63) is 71.1 Å². The van der Waals surface area contributed by atoms with Crippen molar-refractivity contribution in [2.75, 3.05) is 5.75 Å². The summed E-state index contributed by atoms with van der Waals surface area (Å²) in [7, 11) is -3.85. The van der Waals surface area contributed by atoms with E-state index in [0.717, 1.165) is 30.3 Å². The van der Waals surface area contributed by atoms with Crippen LogP contribution in [0.1, 0.15) is 35.0 Å². The summed E-state index contributed by atoms with van der Waals surface area (Å²) in [5, 5.41) is 12.2. The van der Waals surface area contributed by atoms with E-state index in [1.807, 2.05) is 6.92 Å². The van der Waals surface area contributed by atoms with Crippen LogP contribution in [0.4, 0.5) is 8.78 Å². The Hall–Kier alpha value is -3.15. The van der Waals surface area contributed by atoms with Gasteiger partial charge in [-0.25, -0.2) is 27.3 Å². The van der Waals surface area contributed by atoms with Crippen molar-refractivity contribution in [2.24, 2.45) is 5.14 Å². The lowest BCUT2D eigenvalue weighted by Gasteiger charge is -2.09. The van der Waals surface area contributed by atoms with Gasteiger partial charge in [-0.1, -0.05) is 13.0 Å². The Kier molecular flexibility index (Phi) is 6.52. The molecule has 7 nitrogen and oxygen atoms in total. The number of carbonyl (C=O) groups excluding carboxylic acids is 1. The molecule has 2 aromatic heterocycles. The van der Waals surface area contributed by atoms with Gasteiger partial charge < -0.3 is 0 Å². The molecule has 0 bridgehead atoms. The first-order valence-electron chi connectivity index (χ1n) is 10.2. The van der Waals surface area contributed by atoms with E-state index in [0.29, 0.717) is 27.8 Å². The molecule has 4 rings (SSSR count). The predicted molar refractivity (Wildman–Crippen MR) is 126 cm³/mol. The maximum absolute atomic E-state index is 15.0. The Morgan fingerprint density at radius 3 is 2.62 bits per heavy atom. The van der Waals surface area contributed by atoms with Crippen LogP contribution in [0.15, 0.2) is 52.4 Å². The first-order valence-corrected chi connectivity index (χ1v) is 12.8. The van der Waals surface area contributed by atoms with Gasteiger partial charge in [0.1, 0.15) is 11.5 Å². The Bertz CT molecular complexity index is 1540. The minimum absolute atomic E-state index is 0.0140. The smallest absolute Gasteiger partial charge is 0.238 e. The maximum Gasteiger partial charge on any atom is 0.238 e. The van der Waals surface area contributed by atoms with E-state index >= 15 is 4.39 Å². The number of hydrogen-bond acceptors (Lipinski definition) is 6. The number of aryl methyl sites for hydroxylation is 1. The number of benzene rings is 2. The largest absolute Gasteiger partial charge is 0.287 e. The number of carbonyl (C=O) groups is 1. The summed E-state index contributed by atoms with van der Waals surface area (Å²) >= 11 is 1.02. The minimum atomic E-state index is -3.85. The zero-order chi connectivity index (χ0) is 24.6. The molecule has 0 spiro atoms. The number of nitrogens with zero attached hydrogens (tertiary/aromatic N) is 2. The van der Waals surface area contributed by atoms with Crippen LogP contribution < -0.4 is 5.14 Å².